The summed E-state index contributed by atoms with van der Waals surface area (Å²) in [6, 6.07) is 40.7. The van der Waals surface area contributed by atoms with E-state index in [1.807, 2.05) is 18.3 Å². The molecule has 0 bridgehead atoms. The molecular weight excluding hydrogens is 803 g/mol. The van der Waals surface area contributed by atoms with Crippen LogP contribution < -0.4 is 0 Å². The van der Waals surface area contributed by atoms with Gasteiger partial charge < -0.3 is 4.98 Å². The van der Waals surface area contributed by atoms with Crippen molar-refractivity contribution in [2.45, 2.75) is 30.6 Å². The van der Waals surface area contributed by atoms with Gasteiger partial charge in [-0.3, -0.25) is 4.98 Å². The number of fused-ring (bicyclic) bond motifs is 6. The minimum Gasteiger partial charge on any atom is -0.305 e. The van der Waals surface area contributed by atoms with E-state index in [4.69, 9.17) is 0 Å². The Bertz CT molecular complexity index is 2000. The Morgan fingerprint density at radius 1 is 0.604 bits per heavy atom. The fourth-order valence-corrected chi connectivity index (χ4v) is 6.60. The molecule has 0 amide bonds. The molecule has 8 rings (SSSR count). The molecule has 0 saturated carbocycles. The fourth-order valence-electron chi connectivity index (χ4n) is 6.60. The largest absolute Gasteiger partial charge is 0.432 e. The van der Waals surface area contributed by atoms with Crippen LogP contribution in [0.1, 0.15) is 33.5 Å². The molecular formula is C39H24F6IrN2-2. The molecule has 0 fully saturated rings. The van der Waals surface area contributed by atoms with Crippen LogP contribution >= 0.6 is 0 Å². The van der Waals surface area contributed by atoms with Crippen molar-refractivity contribution < 1.29 is 46.4 Å². The van der Waals surface area contributed by atoms with Crippen LogP contribution in [0.5, 0.6) is 0 Å². The van der Waals surface area contributed by atoms with Crippen molar-refractivity contribution in [3.05, 3.63) is 167 Å². The topological polar surface area (TPSA) is 25.8 Å². The van der Waals surface area contributed by atoms with Gasteiger partial charge in [0.2, 0.25) is 0 Å². The first kappa shape index (κ1) is 33.3. The summed E-state index contributed by atoms with van der Waals surface area (Å²) in [6.45, 7) is 0. The van der Waals surface area contributed by atoms with E-state index in [9.17, 15) is 26.3 Å². The van der Waals surface area contributed by atoms with Crippen LogP contribution in [0.25, 0.3) is 33.6 Å². The van der Waals surface area contributed by atoms with Crippen LogP contribution in [0.15, 0.2) is 121 Å². The summed E-state index contributed by atoms with van der Waals surface area (Å²) in [5.74, 6) is 0. The number of halogens is 6. The molecule has 2 aliphatic rings. The number of nitrogens with zero attached hydrogens (tertiary/aromatic N) is 2. The summed E-state index contributed by atoms with van der Waals surface area (Å²) in [6.07, 6.45) is -5.89. The van der Waals surface area contributed by atoms with Crippen LogP contribution in [-0.4, -0.2) is 9.97 Å². The minimum absolute atomic E-state index is 0. The van der Waals surface area contributed by atoms with E-state index in [1.54, 1.807) is 6.07 Å². The Labute approximate surface area is 286 Å². The van der Waals surface area contributed by atoms with Crippen molar-refractivity contribution in [1.29, 1.82) is 0 Å². The maximum atomic E-state index is 12.6. The average Bonchev–Trinajstić information content (AvgIpc) is 3.60. The number of benzene rings is 4. The summed E-state index contributed by atoms with van der Waals surface area (Å²) < 4.78 is 75.8. The van der Waals surface area contributed by atoms with Gasteiger partial charge in [-0.25, -0.2) is 0 Å². The van der Waals surface area contributed by atoms with Crippen LogP contribution in [0, 0.1) is 12.1 Å². The zero-order valence-electron chi connectivity index (χ0n) is 25.0. The molecule has 9 heteroatoms. The van der Waals surface area contributed by atoms with Crippen LogP contribution in [0.3, 0.4) is 0 Å². The van der Waals surface area contributed by atoms with Crippen LogP contribution in [0.4, 0.5) is 26.3 Å². The van der Waals surface area contributed by atoms with Gasteiger partial charge in [-0.1, -0.05) is 66.7 Å². The van der Waals surface area contributed by atoms with E-state index in [-0.39, 0.29) is 37.2 Å². The molecule has 2 heterocycles. The first-order valence-electron chi connectivity index (χ1n) is 14.8. The molecule has 0 unspecified atom stereocenters. The van der Waals surface area contributed by atoms with Crippen molar-refractivity contribution in [1.82, 2.24) is 9.97 Å². The average molecular weight is 827 g/mol. The van der Waals surface area contributed by atoms with E-state index >= 15 is 0 Å². The third kappa shape index (κ3) is 6.20. The van der Waals surface area contributed by atoms with E-state index in [0.717, 1.165) is 24.1 Å². The molecule has 1 spiro atoms. The standard InChI is InChI=1S/C26H18N.C13H6F6N.Ir/c1-3-9-23-21(7-1)22-8-2-4-10-24(22)26(23)16-19-13-12-18(15-20(19)17-26)25-11-5-6-14-27-25;14-12(15,16)9-6-10(8-4-2-1-3-5-8)20-11(7-9)13(17,18)19;/h1-11,13-15H,16-17H2;1-4,6-7H;/q2*-1;. The van der Waals surface area contributed by atoms with E-state index in [0.29, 0.717) is 6.07 Å². The normalized spacial score (nSPS) is 13.9. The molecule has 243 valence electrons. The van der Waals surface area contributed by atoms with Gasteiger partial charge in [0.25, 0.3) is 0 Å². The molecule has 2 aromatic heterocycles. The van der Waals surface area contributed by atoms with E-state index in [2.05, 4.69) is 88.8 Å². The molecule has 0 saturated heterocycles. The van der Waals surface area contributed by atoms with Gasteiger partial charge in [0.05, 0.1) is 5.56 Å². The van der Waals surface area contributed by atoms with Crippen molar-refractivity contribution in [2.24, 2.45) is 0 Å². The quantitative estimate of drug-likeness (QED) is 0.128. The number of alkyl halides is 6. The summed E-state index contributed by atoms with van der Waals surface area (Å²) in [4.78, 5) is 7.74. The number of hydrogen-bond donors (Lipinski definition) is 0. The van der Waals surface area contributed by atoms with Crippen molar-refractivity contribution in [3.63, 3.8) is 0 Å². The van der Waals surface area contributed by atoms with Crippen molar-refractivity contribution >= 4 is 0 Å². The maximum absolute atomic E-state index is 12.6. The van der Waals surface area contributed by atoms with Gasteiger partial charge in [0.15, 0.2) is 0 Å². The zero-order chi connectivity index (χ0) is 32.8. The number of pyridine rings is 2. The van der Waals surface area contributed by atoms with Gasteiger partial charge >= 0.3 is 12.4 Å². The van der Waals surface area contributed by atoms with E-state index in [1.165, 1.54) is 51.6 Å². The molecule has 1 radical (unpaired) electrons. The molecule has 2 nitrogen and oxygen atoms in total. The van der Waals surface area contributed by atoms with Crippen molar-refractivity contribution in [3.8, 4) is 33.6 Å². The Balaban J connectivity index is 0.000000172. The molecule has 4 aromatic carbocycles. The SMILES string of the molecule is FC(F)(F)c1cc(-c2[c-]cccc2)nc(C(F)(F)F)c1.[Ir].[c-]1cc2c(cc1-c1ccccn1)CC1(C2)c2ccccc2-c2ccccc21. The van der Waals surface area contributed by atoms with Crippen LogP contribution in [0.2, 0.25) is 0 Å². The predicted molar refractivity (Wildman–Crippen MR) is 167 cm³/mol. The Hall–Kier alpha value is -4.59. The van der Waals surface area contributed by atoms with E-state index < -0.39 is 29.3 Å². The summed E-state index contributed by atoms with van der Waals surface area (Å²) >= 11 is 0. The molecule has 2 aliphatic carbocycles. The Kier molecular flexibility index (Phi) is 8.88. The fraction of sp³-hybridized carbons (Fsp3) is 0.128. The number of rotatable bonds is 2. The minimum atomic E-state index is -4.95. The monoisotopic (exact) mass is 827 g/mol. The molecule has 0 N–H and O–H groups in total. The molecule has 0 atom stereocenters. The summed E-state index contributed by atoms with van der Waals surface area (Å²) in [7, 11) is 0. The molecule has 48 heavy (non-hydrogen) atoms. The second-order valence-corrected chi connectivity index (χ2v) is 11.5. The van der Waals surface area contributed by atoms with Gasteiger partial charge in [-0.2, -0.15) is 26.3 Å². The van der Waals surface area contributed by atoms with Gasteiger partial charge in [-0.15, -0.1) is 70.8 Å². The van der Waals surface area contributed by atoms with Crippen LogP contribution in [-0.2, 0) is 50.7 Å². The first-order chi connectivity index (χ1) is 22.5. The Morgan fingerprint density at radius 2 is 1.25 bits per heavy atom. The number of aromatic nitrogens is 2. The maximum Gasteiger partial charge on any atom is 0.432 e. The predicted octanol–water partition coefficient (Wildman–Crippen LogP) is 10.2. The first-order valence-corrected chi connectivity index (χ1v) is 14.8. The smallest absolute Gasteiger partial charge is 0.305 e. The third-order valence-corrected chi connectivity index (χ3v) is 8.66. The molecule has 0 aliphatic heterocycles. The summed E-state index contributed by atoms with van der Waals surface area (Å²) in [5, 5.41) is 0. The summed E-state index contributed by atoms with van der Waals surface area (Å²) in [5.41, 5.74) is 7.39. The van der Waals surface area contributed by atoms with Gasteiger partial charge in [0, 0.05) is 31.7 Å². The Morgan fingerprint density at radius 3 is 1.85 bits per heavy atom. The second-order valence-electron chi connectivity index (χ2n) is 11.5. The van der Waals surface area contributed by atoms with Crippen molar-refractivity contribution in [2.75, 3.05) is 0 Å². The second kappa shape index (κ2) is 12.8. The number of hydrogen-bond acceptors (Lipinski definition) is 2. The van der Waals surface area contributed by atoms with Gasteiger partial charge in [-0.05, 0) is 58.6 Å². The van der Waals surface area contributed by atoms with Gasteiger partial charge in [0.1, 0.15) is 5.69 Å². The zero-order valence-corrected chi connectivity index (χ0v) is 27.4. The third-order valence-electron chi connectivity index (χ3n) is 8.66. The molecule has 6 aromatic rings.